The number of aliphatic hydroxyl groups is 2. The lowest BCUT2D eigenvalue weighted by Gasteiger charge is -2.34. The second-order valence-corrected chi connectivity index (χ2v) is 6.13. The number of methoxy groups -OCH3 is 1. The molecular weight excluding hydrogens is 355 g/mol. The van der Waals surface area contributed by atoms with E-state index in [1.807, 2.05) is 46.9 Å². The molecule has 0 saturated heterocycles. The number of benzene rings is 2. The van der Waals surface area contributed by atoms with Crippen molar-refractivity contribution in [1.29, 1.82) is 0 Å². The molecule has 0 aromatic heterocycles. The zero-order valence-corrected chi connectivity index (χ0v) is 12.5. The highest BCUT2D eigenvalue weighted by atomic mass is 127. The van der Waals surface area contributed by atoms with Crippen molar-refractivity contribution >= 4 is 22.6 Å². The third-order valence-corrected chi connectivity index (χ3v) is 4.69. The summed E-state index contributed by atoms with van der Waals surface area (Å²) in [5.41, 5.74) is 2.87. The standard InChI is InChI=1S/C15H13IO3/c1-19-9-6-7-11-13(8-9)15(16,18)12-5-3-2-4-10(12)14(11)17/h2-8,14,17-18H,1H3. The molecule has 2 unspecified atom stereocenters. The van der Waals surface area contributed by atoms with Crippen molar-refractivity contribution in [2.45, 2.75) is 9.71 Å². The molecule has 19 heavy (non-hydrogen) atoms. The first-order valence-corrected chi connectivity index (χ1v) is 7.00. The average Bonchev–Trinajstić information content (AvgIpc) is 2.45. The van der Waals surface area contributed by atoms with Gasteiger partial charge in [-0.15, -0.1) is 0 Å². The van der Waals surface area contributed by atoms with Crippen LogP contribution in [-0.4, -0.2) is 17.3 Å². The number of fused-ring (bicyclic) bond motifs is 2. The first-order chi connectivity index (χ1) is 9.05. The SMILES string of the molecule is COc1ccc2c(c1)C(O)(I)c1ccccc1C2O. The Kier molecular flexibility index (Phi) is 3.03. The second-order valence-electron chi connectivity index (χ2n) is 4.57. The van der Waals surface area contributed by atoms with Crippen LogP contribution in [0.4, 0.5) is 0 Å². The third kappa shape index (κ3) is 1.86. The van der Waals surface area contributed by atoms with Crippen molar-refractivity contribution in [3.8, 4) is 5.75 Å². The van der Waals surface area contributed by atoms with Crippen molar-refractivity contribution in [3.63, 3.8) is 0 Å². The Morgan fingerprint density at radius 2 is 1.79 bits per heavy atom. The summed E-state index contributed by atoms with van der Waals surface area (Å²) in [6, 6.07) is 12.8. The van der Waals surface area contributed by atoms with Crippen LogP contribution in [-0.2, 0) is 3.61 Å². The van der Waals surface area contributed by atoms with Gasteiger partial charge >= 0.3 is 0 Å². The molecule has 0 aliphatic heterocycles. The summed E-state index contributed by atoms with van der Waals surface area (Å²) in [7, 11) is 1.58. The van der Waals surface area contributed by atoms with Crippen LogP contribution in [0.3, 0.4) is 0 Å². The zero-order chi connectivity index (χ0) is 13.6. The molecule has 0 spiro atoms. The Morgan fingerprint density at radius 1 is 1.11 bits per heavy atom. The molecule has 0 bridgehead atoms. The molecule has 2 aromatic rings. The van der Waals surface area contributed by atoms with Gasteiger partial charge in [-0.1, -0.05) is 30.3 Å². The molecule has 3 nitrogen and oxygen atoms in total. The Labute approximate surface area is 125 Å². The van der Waals surface area contributed by atoms with Gasteiger partial charge in [-0.05, 0) is 45.9 Å². The van der Waals surface area contributed by atoms with E-state index in [1.54, 1.807) is 25.3 Å². The topological polar surface area (TPSA) is 49.7 Å². The normalized spacial score (nSPS) is 24.5. The highest BCUT2D eigenvalue weighted by Gasteiger charge is 2.40. The van der Waals surface area contributed by atoms with Crippen molar-refractivity contribution in [1.82, 2.24) is 0 Å². The number of aliphatic hydroxyl groups excluding tert-OH is 1. The van der Waals surface area contributed by atoms with E-state index in [0.29, 0.717) is 11.3 Å². The fourth-order valence-electron chi connectivity index (χ4n) is 2.54. The molecule has 2 atom stereocenters. The number of rotatable bonds is 1. The number of ether oxygens (including phenoxy) is 1. The fourth-order valence-corrected chi connectivity index (χ4v) is 3.50. The van der Waals surface area contributed by atoms with Crippen LogP contribution in [0, 0.1) is 0 Å². The number of hydrogen-bond acceptors (Lipinski definition) is 3. The molecule has 2 aromatic carbocycles. The lowest BCUT2D eigenvalue weighted by atomic mass is 9.82. The third-order valence-electron chi connectivity index (χ3n) is 3.52. The molecule has 1 aliphatic rings. The molecule has 0 radical (unpaired) electrons. The van der Waals surface area contributed by atoms with Gasteiger partial charge in [0.15, 0.2) is 3.61 Å². The minimum absolute atomic E-state index is 0.667. The zero-order valence-electron chi connectivity index (χ0n) is 10.3. The minimum Gasteiger partial charge on any atom is -0.497 e. The summed E-state index contributed by atoms with van der Waals surface area (Å²) in [4.78, 5) is 0. The van der Waals surface area contributed by atoms with Gasteiger partial charge in [-0.25, -0.2) is 0 Å². The van der Waals surface area contributed by atoms with Crippen molar-refractivity contribution in [2.24, 2.45) is 0 Å². The van der Waals surface area contributed by atoms with Gasteiger partial charge in [-0.2, -0.15) is 0 Å². The molecule has 4 heteroatoms. The average molecular weight is 368 g/mol. The summed E-state index contributed by atoms with van der Waals surface area (Å²) in [6.45, 7) is 0. The van der Waals surface area contributed by atoms with E-state index < -0.39 is 9.71 Å². The number of hydrogen-bond donors (Lipinski definition) is 2. The van der Waals surface area contributed by atoms with Gasteiger partial charge < -0.3 is 14.9 Å². The van der Waals surface area contributed by atoms with Gasteiger partial charge in [-0.3, -0.25) is 0 Å². The van der Waals surface area contributed by atoms with Crippen molar-refractivity contribution in [3.05, 3.63) is 64.7 Å². The van der Waals surface area contributed by atoms with Gasteiger partial charge in [0.05, 0.1) is 7.11 Å². The van der Waals surface area contributed by atoms with E-state index in [2.05, 4.69) is 0 Å². The Morgan fingerprint density at radius 3 is 2.53 bits per heavy atom. The molecule has 98 valence electrons. The van der Waals surface area contributed by atoms with Crippen molar-refractivity contribution in [2.75, 3.05) is 7.11 Å². The summed E-state index contributed by atoms with van der Waals surface area (Å²) in [5, 5.41) is 21.3. The van der Waals surface area contributed by atoms with E-state index in [4.69, 9.17) is 4.74 Å². The molecular formula is C15H13IO3. The van der Waals surface area contributed by atoms with E-state index >= 15 is 0 Å². The highest BCUT2D eigenvalue weighted by molar-refractivity contribution is 14.1. The Balaban J connectivity index is 2.28. The van der Waals surface area contributed by atoms with Crippen LogP contribution in [0.15, 0.2) is 42.5 Å². The molecule has 1 aliphatic carbocycles. The Hall–Kier alpha value is -1.11. The van der Waals surface area contributed by atoms with E-state index in [-0.39, 0.29) is 0 Å². The predicted octanol–water partition coefficient (Wildman–Crippen LogP) is 2.72. The minimum atomic E-state index is -1.16. The molecule has 0 amide bonds. The summed E-state index contributed by atoms with van der Waals surface area (Å²) >= 11 is 2.01. The van der Waals surface area contributed by atoms with E-state index in [0.717, 1.165) is 16.7 Å². The Bertz CT molecular complexity index is 637. The largest absolute Gasteiger partial charge is 0.497 e. The number of alkyl halides is 1. The van der Waals surface area contributed by atoms with Crippen LogP contribution in [0.1, 0.15) is 28.4 Å². The fraction of sp³-hybridized carbons (Fsp3) is 0.200. The van der Waals surface area contributed by atoms with Crippen molar-refractivity contribution < 1.29 is 14.9 Å². The molecule has 0 fully saturated rings. The van der Waals surface area contributed by atoms with Crippen LogP contribution < -0.4 is 4.74 Å². The van der Waals surface area contributed by atoms with Crippen LogP contribution in [0.5, 0.6) is 5.75 Å². The summed E-state index contributed by atoms with van der Waals surface area (Å²) < 4.78 is 4.05. The van der Waals surface area contributed by atoms with Crippen LogP contribution in [0.2, 0.25) is 0 Å². The van der Waals surface area contributed by atoms with Gasteiger partial charge in [0.25, 0.3) is 0 Å². The molecule has 3 rings (SSSR count). The maximum absolute atomic E-state index is 10.8. The molecule has 0 heterocycles. The predicted molar refractivity (Wildman–Crippen MR) is 80.5 cm³/mol. The lowest BCUT2D eigenvalue weighted by molar-refractivity contribution is 0.161. The molecule has 2 N–H and O–H groups in total. The first-order valence-electron chi connectivity index (χ1n) is 5.93. The van der Waals surface area contributed by atoms with Gasteiger partial charge in [0.1, 0.15) is 11.9 Å². The van der Waals surface area contributed by atoms with E-state index in [1.165, 1.54) is 0 Å². The lowest BCUT2D eigenvalue weighted by Crippen LogP contribution is -2.29. The summed E-state index contributed by atoms with van der Waals surface area (Å²) in [6.07, 6.45) is -0.716. The highest BCUT2D eigenvalue weighted by Crippen LogP contribution is 2.49. The maximum Gasteiger partial charge on any atom is 0.167 e. The first kappa shape index (κ1) is 12.9. The smallest absolute Gasteiger partial charge is 0.167 e. The maximum atomic E-state index is 10.8. The quantitative estimate of drug-likeness (QED) is 0.601. The van der Waals surface area contributed by atoms with Gasteiger partial charge in [0, 0.05) is 11.1 Å². The van der Waals surface area contributed by atoms with Gasteiger partial charge in [0.2, 0.25) is 0 Å². The van der Waals surface area contributed by atoms with Crippen LogP contribution in [0.25, 0.3) is 0 Å². The molecule has 0 saturated carbocycles. The second kappa shape index (κ2) is 4.47. The number of halogens is 1. The monoisotopic (exact) mass is 368 g/mol. The van der Waals surface area contributed by atoms with Crippen LogP contribution >= 0.6 is 22.6 Å². The van der Waals surface area contributed by atoms with E-state index in [9.17, 15) is 10.2 Å². The summed E-state index contributed by atoms with van der Waals surface area (Å²) in [5.74, 6) is 0.667.